The molecule has 1 aliphatic heterocycles. The summed E-state index contributed by atoms with van der Waals surface area (Å²) < 4.78 is 5.95. The summed E-state index contributed by atoms with van der Waals surface area (Å²) in [4.78, 5) is 32.5. The van der Waals surface area contributed by atoms with Crippen molar-refractivity contribution in [2.45, 2.75) is 39.7 Å². The number of benzene rings is 3. The molecule has 0 radical (unpaired) electrons. The maximum absolute atomic E-state index is 13.2. The quantitative estimate of drug-likeness (QED) is 0.348. The Morgan fingerprint density at radius 3 is 2.41 bits per heavy atom. The van der Waals surface area contributed by atoms with Crippen molar-refractivity contribution < 1.29 is 14.0 Å². The van der Waals surface area contributed by atoms with Crippen LogP contribution in [0.4, 0.5) is 0 Å². The van der Waals surface area contributed by atoms with Crippen molar-refractivity contribution >= 4 is 22.9 Å². The standard InChI is InChI=1S/C31H33N3O3/c1-3-22-9-11-23(12-10-22)20-32-29(35)21(2)24-15-17-34(18-16-24)31(36)26-13-14-27-28(19-26)37-30(33-27)25-7-5-4-6-8-25/h4-14,19,21,24H,3,15-18,20H2,1-2H3,(H,32,35)/t21-/m1/s1. The first-order valence-corrected chi connectivity index (χ1v) is 13.1. The zero-order valence-corrected chi connectivity index (χ0v) is 21.4. The molecular formula is C31H33N3O3. The third-order valence-corrected chi connectivity index (χ3v) is 7.50. The highest BCUT2D eigenvalue weighted by molar-refractivity contribution is 5.97. The van der Waals surface area contributed by atoms with Crippen LogP contribution in [0.2, 0.25) is 0 Å². The van der Waals surface area contributed by atoms with Gasteiger partial charge in [-0.3, -0.25) is 9.59 Å². The lowest BCUT2D eigenvalue weighted by Gasteiger charge is -2.34. The van der Waals surface area contributed by atoms with Crippen molar-refractivity contribution in [2.75, 3.05) is 13.1 Å². The lowest BCUT2D eigenvalue weighted by molar-refractivity contribution is -0.126. The van der Waals surface area contributed by atoms with Crippen LogP contribution in [-0.2, 0) is 17.8 Å². The molecule has 0 bridgehead atoms. The second kappa shape index (κ2) is 11.0. The Morgan fingerprint density at radius 2 is 1.70 bits per heavy atom. The fraction of sp³-hybridized carbons (Fsp3) is 0.323. The summed E-state index contributed by atoms with van der Waals surface area (Å²) in [6, 6.07) is 23.6. The largest absolute Gasteiger partial charge is 0.436 e. The predicted molar refractivity (Wildman–Crippen MR) is 145 cm³/mol. The Kier molecular flexibility index (Phi) is 7.35. The normalized spacial score (nSPS) is 15.0. The van der Waals surface area contributed by atoms with E-state index < -0.39 is 0 Å². The van der Waals surface area contributed by atoms with Gasteiger partial charge < -0.3 is 14.6 Å². The molecule has 1 fully saturated rings. The number of aromatic nitrogens is 1. The van der Waals surface area contributed by atoms with E-state index in [2.05, 4.69) is 41.5 Å². The van der Waals surface area contributed by atoms with Gasteiger partial charge in [-0.1, -0.05) is 56.3 Å². The molecule has 2 heterocycles. The van der Waals surface area contributed by atoms with Crippen molar-refractivity contribution in [3.05, 3.63) is 89.5 Å². The average molecular weight is 496 g/mol. The number of carbonyl (C=O) groups is 2. The molecule has 0 saturated carbocycles. The van der Waals surface area contributed by atoms with E-state index >= 15 is 0 Å². The number of aryl methyl sites for hydroxylation is 1. The molecule has 2 amide bonds. The highest BCUT2D eigenvalue weighted by Crippen LogP contribution is 2.28. The van der Waals surface area contributed by atoms with E-state index in [9.17, 15) is 9.59 Å². The second-order valence-corrected chi connectivity index (χ2v) is 9.87. The van der Waals surface area contributed by atoms with Gasteiger partial charge >= 0.3 is 0 Å². The number of likely N-dealkylation sites (tertiary alicyclic amines) is 1. The number of nitrogens with zero attached hydrogens (tertiary/aromatic N) is 2. The Balaban J connectivity index is 1.16. The first-order chi connectivity index (χ1) is 18.0. The summed E-state index contributed by atoms with van der Waals surface area (Å²) in [6.45, 7) is 5.96. The molecule has 6 heteroatoms. The lowest BCUT2D eigenvalue weighted by Crippen LogP contribution is -2.42. The number of piperidine rings is 1. The van der Waals surface area contributed by atoms with Gasteiger partial charge in [0.15, 0.2) is 5.58 Å². The molecule has 0 aliphatic carbocycles. The van der Waals surface area contributed by atoms with Crippen LogP contribution < -0.4 is 5.32 Å². The molecule has 5 rings (SSSR count). The molecule has 4 aromatic rings. The number of fused-ring (bicyclic) bond motifs is 1. The smallest absolute Gasteiger partial charge is 0.253 e. The van der Waals surface area contributed by atoms with Gasteiger partial charge in [-0.15, -0.1) is 0 Å². The molecule has 3 aromatic carbocycles. The average Bonchev–Trinajstić information content (AvgIpc) is 3.39. The Morgan fingerprint density at radius 1 is 1.00 bits per heavy atom. The van der Waals surface area contributed by atoms with Crippen LogP contribution in [0.1, 0.15) is 48.2 Å². The van der Waals surface area contributed by atoms with E-state index in [1.807, 2.05) is 54.3 Å². The van der Waals surface area contributed by atoms with E-state index in [0.717, 1.165) is 35.9 Å². The highest BCUT2D eigenvalue weighted by atomic mass is 16.3. The van der Waals surface area contributed by atoms with E-state index in [4.69, 9.17) is 4.42 Å². The number of carbonyl (C=O) groups excluding carboxylic acids is 2. The monoisotopic (exact) mass is 495 g/mol. The van der Waals surface area contributed by atoms with Gasteiger partial charge in [0.05, 0.1) is 0 Å². The first kappa shape index (κ1) is 24.8. The lowest BCUT2D eigenvalue weighted by atomic mass is 9.84. The topological polar surface area (TPSA) is 75.4 Å². The van der Waals surface area contributed by atoms with Gasteiger partial charge in [0.2, 0.25) is 11.8 Å². The van der Waals surface area contributed by atoms with Crippen LogP contribution in [0, 0.1) is 11.8 Å². The van der Waals surface area contributed by atoms with Crippen LogP contribution in [0.5, 0.6) is 0 Å². The predicted octanol–water partition coefficient (Wildman–Crippen LogP) is 5.86. The number of hydrogen-bond acceptors (Lipinski definition) is 4. The van der Waals surface area contributed by atoms with E-state index in [-0.39, 0.29) is 23.7 Å². The van der Waals surface area contributed by atoms with E-state index in [1.165, 1.54) is 5.56 Å². The van der Waals surface area contributed by atoms with Crippen LogP contribution in [0.3, 0.4) is 0 Å². The number of oxazole rings is 1. The van der Waals surface area contributed by atoms with Crippen LogP contribution >= 0.6 is 0 Å². The zero-order valence-electron chi connectivity index (χ0n) is 21.4. The molecule has 1 saturated heterocycles. The Labute approximate surface area is 217 Å². The molecule has 1 N–H and O–H groups in total. The number of nitrogens with one attached hydrogen (secondary N) is 1. The van der Waals surface area contributed by atoms with Crippen molar-refractivity contribution in [3.63, 3.8) is 0 Å². The maximum atomic E-state index is 13.2. The summed E-state index contributed by atoms with van der Waals surface area (Å²) in [5.74, 6) is 0.789. The molecule has 1 aromatic heterocycles. The summed E-state index contributed by atoms with van der Waals surface area (Å²) in [5.41, 5.74) is 5.24. The number of rotatable bonds is 7. The molecule has 0 spiro atoms. The summed E-state index contributed by atoms with van der Waals surface area (Å²) in [6.07, 6.45) is 2.64. The van der Waals surface area contributed by atoms with E-state index in [0.29, 0.717) is 36.7 Å². The zero-order chi connectivity index (χ0) is 25.8. The molecule has 0 unspecified atom stereocenters. The Hall–Kier alpha value is -3.93. The van der Waals surface area contributed by atoms with Gasteiger partial charge in [-0.25, -0.2) is 4.98 Å². The first-order valence-electron chi connectivity index (χ1n) is 13.1. The van der Waals surface area contributed by atoms with E-state index in [1.54, 1.807) is 6.07 Å². The minimum Gasteiger partial charge on any atom is -0.436 e. The molecule has 37 heavy (non-hydrogen) atoms. The van der Waals surface area contributed by atoms with Gasteiger partial charge in [-0.2, -0.15) is 0 Å². The maximum Gasteiger partial charge on any atom is 0.253 e. The fourth-order valence-electron chi connectivity index (χ4n) is 5.00. The van der Waals surface area contributed by atoms with Crippen molar-refractivity contribution in [2.24, 2.45) is 11.8 Å². The summed E-state index contributed by atoms with van der Waals surface area (Å²) in [7, 11) is 0. The van der Waals surface area contributed by atoms with Gasteiger partial charge in [0.1, 0.15) is 5.52 Å². The summed E-state index contributed by atoms with van der Waals surface area (Å²) in [5, 5.41) is 3.09. The van der Waals surface area contributed by atoms with Crippen molar-refractivity contribution in [1.29, 1.82) is 0 Å². The molecule has 1 aliphatic rings. The van der Waals surface area contributed by atoms with Crippen molar-refractivity contribution in [3.8, 4) is 11.5 Å². The van der Waals surface area contributed by atoms with Crippen LogP contribution in [0.25, 0.3) is 22.6 Å². The molecule has 190 valence electrons. The minimum atomic E-state index is -0.0888. The third-order valence-electron chi connectivity index (χ3n) is 7.50. The molecule has 6 nitrogen and oxygen atoms in total. The summed E-state index contributed by atoms with van der Waals surface area (Å²) >= 11 is 0. The molecule has 1 atom stereocenters. The van der Waals surface area contributed by atoms with Gasteiger partial charge in [0, 0.05) is 36.7 Å². The highest BCUT2D eigenvalue weighted by Gasteiger charge is 2.30. The Bertz CT molecular complexity index is 1370. The van der Waals surface area contributed by atoms with Crippen molar-refractivity contribution in [1.82, 2.24) is 15.2 Å². The van der Waals surface area contributed by atoms with Crippen LogP contribution in [0.15, 0.2) is 77.2 Å². The number of hydrogen-bond donors (Lipinski definition) is 1. The number of amides is 2. The van der Waals surface area contributed by atoms with Crippen LogP contribution in [-0.4, -0.2) is 34.8 Å². The molecular weight excluding hydrogens is 462 g/mol. The second-order valence-electron chi connectivity index (χ2n) is 9.87. The fourth-order valence-corrected chi connectivity index (χ4v) is 5.00. The van der Waals surface area contributed by atoms with Gasteiger partial charge in [0.25, 0.3) is 5.91 Å². The van der Waals surface area contributed by atoms with Gasteiger partial charge in [-0.05, 0) is 66.6 Å². The third kappa shape index (κ3) is 5.58. The minimum absolute atomic E-state index is 0.00866. The SMILES string of the molecule is CCc1ccc(CNC(=O)[C@H](C)C2CCN(C(=O)c3ccc4nc(-c5ccccc5)oc4c3)CC2)cc1.